The lowest BCUT2D eigenvalue weighted by Crippen LogP contribution is -2.51. The normalized spacial score (nSPS) is 17.8. The van der Waals surface area contributed by atoms with Gasteiger partial charge >= 0.3 is 0 Å². The van der Waals surface area contributed by atoms with Gasteiger partial charge in [0.25, 0.3) is 0 Å². The van der Waals surface area contributed by atoms with E-state index in [1.807, 2.05) is 0 Å². The van der Waals surface area contributed by atoms with E-state index in [9.17, 15) is 0 Å². The van der Waals surface area contributed by atoms with Crippen LogP contribution >= 0.6 is 0 Å². The van der Waals surface area contributed by atoms with Crippen LogP contribution in [-0.4, -0.2) is 73.0 Å². The number of rotatable bonds is 14. The van der Waals surface area contributed by atoms with Crippen LogP contribution in [0, 0.1) is 0 Å². The van der Waals surface area contributed by atoms with E-state index in [0.29, 0.717) is 0 Å². The first-order valence-electron chi connectivity index (χ1n) is 10.4. The molecule has 0 saturated carbocycles. The Morgan fingerprint density at radius 2 is 1.58 bits per heavy atom. The highest BCUT2D eigenvalue weighted by molar-refractivity contribution is 6.77. The zero-order chi connectivity index (χ0) is 17.8. The van der Waals surface area contributed by atoms with Crippen LogP contribution in [0.4, 0.5) is 0 Å². The highest BCUT2D eigenvalue weighted by atomic mass is 28.3. The molecule has 0 aromatic heterocycles. The molecule has 1 rings (SSSR count). The van der Waals surface area contributed by atoms with Crippen LogP contribution in [0.2, 0.25) is 30.2 Å². The van der Waals surface area contributed by atoms with Crippen molar-refractivity contribution in [2.24, 2.45) is 0 Å². The third-order valence-electron chi connectivity index (χ3n) is 5.82. The molecule has 1 heterocycles. The highest BCUT2D eigenvalue weighted by Crippen LogP contribution is 2.27. The van der Waals surface area contributed by atoms with Gasteiger partial charge in [-0.3, -0.25) is 4.90 Å². The molecular weight excluding hydrogens is 332 g/mol. The van der Waals surface area contributed by atoms with Crippen molar-refractivity contribution in [3.05, 3.63) is 0 Å². The fraction of sp³-hybridized carbons (Fsp3) is 1.00. The van der Waals surface area contributed by atoms with Crippen LogP contribution in [-0.2, 0) is 9.47 Å². The standard InChI is InChI=1S/C18H42N2O2Si2/c1-6-21-18(22-7-2)16-23-15-11-12-19-13-14-20(17-19)24(8-3,9-4)10-5/h18H,6-17,23H2,1-5H3. The minimum atomic E-state index is -1.15. The van der Waals surface area contributed by atoms with Crippen molar-refractivity contribution in [2.45, 2.75) is 77.6 Å². The van der Waals surface area contributed by atoms with Crippen LogP contribution in [0.5, 0.6) is 0 Å². The van der Waals surface area contributed by atoms with Gasteiger partial charge in [-0.1, -0.05) is 26.8 Å². The molecule has 6 heteroatoms. The van der Waals surface area contributed by atoms with Crippen LogP contribution in [0.1, 0.15) is 41.0 Å². The molecule has 0 atom stereocenters. The van der Waals surface area contributed by atoms with E-state index in [-0.39, 0.29) is 15.8 Å². The molecule has 4 nitrogen and oxygen atoms in total. The van der Waals surface area contributed by atoms with Gasteiger partial charge in [0.2, 0.25) is 0 Å². The summed E-state index contributed by atoms with van der Waals surface area (Å²) in [5.41, 5.74) is 0. The van der Waals surface area contributed by atoms with Crippen molar-refractivity contribution in [1.29, 1.82) is 0 Å². The first-order valence-corrected chi connectivity index (χ1v) is 14.9. The summed E-state index contributed by atoms with van der Waals surface area (Å²) in [4.78, 5) is 2.69. The largest absolute Gasteiger partial charge is 0.353 e. The van der Waals surface area contributed by atoms with E-state index in [1.165, 1.54) is 62.9 Å². The van der Waals surface area contributed by atoms with Crippen molar-refractivity contribution in [2.75, 3.05) is 39.5 Å². The molecule has 1 aliphatic rings. The van der Waals surface area contributed by atoms with Crippen molar-refractivity contribution in [3.63, 3.8) is 0 Å². The van der Waals surface area contributed by atoms with E-state index in [1.54, 1.807) is 0 Å². The average molecular weight is 375 g/mol. The summed E-state index contributed by atoms with van der Waals surface area (Å²) < 4.78 is 14.2. The van der Waals surface area contributed by atoms with Gasteiger partial charge < -0.3 is 14.0 Å². The quantitative estimate of drug-likeness (QED) is 0.264. The summed E-state index contributed by atoms with van der Waals surface area (Å²) in [6.45, 7) is 18.0. The van der Waals surface area contributed by atoms with E-state index < -0.39 is 8.24 Å². The molecule has 0 radical (unpaired) electrons. The second-order valence-corrected chi connectivity index (χ2v) is 14.2. The molecule has 0 aliphatic carbocycles. The summed E-state index contributed by atoms with van der Waals surface area (Å²) in [6, 6.07) is 6.83. The first kappa shape index (κ1) is 22.3. The van der Waals surface area contributed by atoms with Crippen LogP contribution in [0.25, 0.3) is 0 Å². The van der Waals surface area contributed by atoms with Crippen molar-refractivity contribution in [3.8, 4) is 0 Å². The summed E-state index contributed by atoms with van der Waals surface area (Å²) in [5.74, 6) is 0. The summed E-state index contributed by atoms with van der Waals surface area (Å²) >= 11 is 0. The fourth-order valence-electron chi connectivity index (χ4n) is 4.05. The zero-order valence-corrected chi connectivity index (χ0v) is 19.4. The Kier molecular flexibility index (Phi) is 11.7. The van der Waals surface area contributed by atoms with E-state index >= 15 is 0 Å². The van der Waals surface area contributed by atoms with Crippen LogP contribution < -0.4 is 0 Å². The monoisotopic (exact) mass is 374 g/mol. The molecule has 0 bridgehead atoms. The van der Waals surface area contributed by atoms with Crippen LogP contribution in [0.15, 0.2) is 0 Å². The molecule has 0 N–H and O–H groups in total. The molecule has 0 aromatic rings. The maximum atomic E-state index is 5.65. The Balaban J connectivity index is 2.21. The Hall–Kier alpha value is 0.274. The SMILES string of the molecule is CCOC(C[SiH2]CCCN1CCN([Si](CC)(CC)CC)C1)OCC. The predicted octanol–water partition coefficient (Wildman–Crippen LogP) is 3.36. The minimum absolute atomic E-state index is 0.0498. The third kappa shape index (κ3) is 6.88. The molecule has 0 amide bonds. The van der Waals surface area contributed by atoms with E-state index in [0.717, 1.165) is 13.2 Å². The lowest BCUT2D eigenvalue weighted by Gasteiger charge is -2.38. The molecule has 144 valence electrons. The summed E-state index contributed by atoms with van der Waals surface area (Å²) in [5, 5.41) is 0. The lowest BCUT2D eigenvalue weighted by atomic mass is 10.4. The minimum Gasteiger partial charge on any atom is -0.353 e. The number of hydrogen-bond donors (Lipinski definition) is 0. The lowest BCUT2D eigenvalue weighted by molar-refractivity contribution is -0.123. The Labute approximate surface area is 154 Å². The van der Waals surface area contributed by atoms with Gasteiger partial charge in [-0.25, -0.2) is 0 Å². The molecular formula is C18H42N2O2Si2. The molecule has 0 spiro atoms. The molecule has 24 heavy (non-hydrogen) atoms. The van der Waals surface area contributed by atoms with Gasteiger partial charge in [-0.15, -0.1) is 0 Å². The Bertz CT molecular complexity index is 303. The van der Waals surface area contributed by atoms with E-state index in [4.69, 9.17) is 9.47 Å². The zero-order valence-electron chi connectivity index (χ0n) is 17.0. The number of hydrogen-bond acceptors (Lipinski definition) is 4. The first-order chi connectivity index (χ1) is 11.7. The molecule has 0 aromatic carbocycles. The Morgan fingerprint density at radius 1 is 0.958 bits per heavy atom. The summed E-state index contributed by atoms with van der Waals surface area (Å²) in [7, 11) is -1.20. The van der Waals surface area contributed by atoms with Gasteiger partial charge in [-0.05, 0) is 51.0 Å². The van der Waals surface area contributed by atoms with Gasteiger partial charge in [0.05, 0.1) is 0 Å². The van der Waals surface area contributed by atoms with E-state index in [2.05, 4.69) is 44.1 Å². The topological polar surface area (TPSA) is 24.9 Å². The van der Waals surface area contributed by atoms with Gasteiger partial charge in [-0.2, -0.15) is 0 Å². The maximum Gasteiger partial charge on any atom is 0.154 e. The van der Waals surface area contributed by atoms with Gasteiger partial charge in [0, 0.05) is 42.5 Å². The van der Waals surface area contributed by atoms with Crippen LogP contribution in [0.3, 0.4) is 0 Å². The van der Waals surface area contributed by atoms with Crippen molar-refractivity contribution < 1.29 is 9.47 Å². The van der Waals surface area contributed by atoms with Crippen molar-refractivity contribution >= 4 is 17.8 Å². The third-order valence-corrected chi connectivity index (χ3v) is 13.4. The van der Waals surface area contributed by atoms with Gasteiger partial charge in [0.1, 0.15) is 8.24 Å². The highest BCUT2D eigenvalue weighted by Gasteiger charge is 2.37. The number of ether oxygens (including phenoxy) is 2. The summed E-state index contributed by atoms with van der Waals surface area (Å²) in [6.07, 6.45) is 1.43. The maximum absolute atomic E-state index is 5.65. The smallest absolute Gasteiger partial charge is 0.154 e. The molecule has 1 fully saturated rings. The second-order valence-electron chi connectivity index (χ2n) is 7.00. The average Bonchev–Trinajstić information content (AvgIpc) is 3.06. The fourth-order valence-corrected chi connectivity index (χ4v) is 9.49. The van der Waals surface area contributed by atoms with Crippen molar-refractivity contribution in [1.82, 2.24) is 9.47 Å². The predicted molar refractivity (Wildman–Crippen MR) is 110 cm³/mol. The van der Waals surface area contributed by atoms with Gasteiger partial charge in [0.15, 0.2) is 6.29 Å². The molecule has 1 saturated heterocycles. The second kappa shape index (κ2) is 12.6. The Morgan fingerprint density at radius 3 is 2.12 bits per heavy atom. The molecule has 1 aliphatic heterocycles. The number of nitrogens with zero attached hydrogens (tertiary/aromatic N) is 2. The molecule has 0 unspecified atom stereocenters.